The number of carboxylic acid groups (broad SMARTS) is 1. The van der Waals surface area contributed by atoms with Crippen LogP contribution in [0.2, 0.25) is 0 Å². The van der Waals surface area contributed by atoms with Crippen molar-refractivity contribution in [1.82, 2.24) is 9.55 Å². The lowest BCUT2D eigenvalue weighted by Crippen LogP contribution is -2.30. The highest BCUT2D eigenvalue weighted by Crippen LogP contribution is 2.25. The Balaban J connectivity index is 1.84. The quantitative estimate of drug-likeness (QED) is 0.529. The minimum atomic E-state index is -1.21. The van der Waals surface area contributed by atoms with E-state index in [-0.39, 0.29) is 17.5 Å². The van der Waals surface area contributed by atoms with Gasteiger partial charge in [0, 0.05) is 16.6 Å². The van der Waals surface area contributed by atoms with Crippen LogP contribution in [0.25, 0.3) is 21.6 Å². The van der Waals surface area contributed by atoms with Crippen LogP contribution in [-0.2, 0) is 11.3 Å². The molecule has 2 N–H and O–H groups in total. The van der Waals surface area contributed by atoms with Gasteiger partial charge in [0.2, 0.25) is 5.91 Å². The summed E-state index contributed by atoms with van der Waals surface area (Å²) in [6.45, 7) is -0.296. The number of aromatic carboxylic acids is 1. The van der Waals surface area contributed by atoms with Crippen molar-refractivity contribution < 1.29 is 14.7 Å². The highest BCUT2D eigenvalue weighted by Gasteiger charge is 2.21. The molecule has 144 valence electrons. The van der Waals surface area contributed by atoms with E-state index in [0.29, 0.717) is 21.9 Å². The lowest BCUT2D eigenvalue weighted by Gasteiger charge is -2.13. The van der Waals surface area contributed by atoms with Crippen LogP contribution in [0, 0.1) is 0 Å². The van der Waals surface area contributed by atoms with Gasteiger partial charge in [-0.15, -0.1) is 11.3 Å². The van der Waals surface area contributed by atoms with Gasteiger partial charge < -0.3 is 10.4 Å². The van der Waals surface area contributed by atoms with Gasteiger partial charge in [-0.3, -0.25) is 14.2 Å². The van der Waals surface area contributed by atoms with E-state index < -0.39 is 17.4 Å². The number of amides is 1. The number of hydrogen-bond acceptors (Lipinski definition) is 5. The van der Waals surface area contributed by atoms with Crippen molar-refractivity contribution >= 4 is 39.1 Å². The van der Waals surface area contributed by atoms with Gasteiger partial charge in [-0.05, 0) is 12.1 Å². The van der Waals surface area contributed by atoms with Crippen molar-refractivity contribution in [2.24, 2.45) is 0 Å². The molecule has 1 amide bonds. The predicted molar refractivity (Wildman–Crippen MR) is 111 cm³/mol. The lowest BCUT2D eigenvalue weighted by atomic mass is 10.2. The number of anilines is 1. The Labute approximate surface area is 168 Å². The number of benzene rings is 2. The molecule has 0 unspecified atom stereocenters. The molecule has 0 saturated heterocycles. The van der Waals surface area contributed by atoms with Gasteiger partial charge in [-0.25, -0.2) is 9.78 Å². The molecular weight excluding hydrogens is 390 g/mol. The summed E-state index contributed by atoms with van der Waals surface area (Å²) in [6, 6.07) is 17.9. The number of aromatic nitrogens is 2. The summed E-state index contributed by atoms with van der Waals surface area (Å²) in [5, 5.41) is 13.5. The van der Waals surface area contributed by atoms with Crippen LogP contribution in [0.5, 0.6) is 0 Å². The molecule has 0 aliphatic rings. The van der Waals surface area contributed by atoms with Crippen LogP contribution in [0.3, 0.4) is 0 Å². The molecule has 0 saturated carbocycles. The normalized spacial score (nSPS) is 10.8. The number of nitrogens with one attached hydrogen (secondary N) is 1. The third-order valence-electron chi connectivity index (χ3n) is 4.32. The molecule has 2 aromatic heterocycles. The molecule has 7 nitrogen and oxygen atoms in total. The zero-order valence-electron chi connectivity index (χ0n) is 15.0. The summed E-state index contributed by atoms with van der Waals surface area (Å²) in [5.74, 6) is -1.31. The van der Waals surface area contributed by atoms with E-state index in [9.17, 15) is 19.5 Å². The number of carbonyl (C=O) groups excluding carboxylic acids is 1. The highest BCUT2D eigenvalue weighted by molar-refractivity contribution is 7.17. The monoisotopic (exact) mass is 405 g/mol. The van der Waals surface area contributed by atoms with E-state index in [1.54, 1.807) is 48.5 Å². The van der Waals surface area contributed by atoms with E-state index in [1.807, 2.05) is 12.1 Å². The molecule has 4 rings (SSSR count). The maximum absolute atomic E-state index is 13.2. The predicted octanol–water partition coefficient (Wildman–Crippen LogP) is 3.46. The second-order valence-corrected chi connectivity index (χ2v) is 7.10. The summed E-state index contributed by atoms with van der Waals surface area (Å²) >= 11 is 1.09. The van der Waals surface area contributed by atoms with E-state index in [0.717, 1.165) is 11.3 Å². The zero-order chi connectivity index (χ0) is 20.4. The summed E-state index contributed by atoms with van der Waals surface area (Å²) in [6.07, 6.45) is 0. The van der Waals surface area contributed by atoms with Crippen LogP contribution >= 0.6 is 11.3 Å². The number of carbonyl (C=O) groups is 2. The molecule has 0 spiro atoms. The first-order valence-electron chi connectivity index (χ1n) is 8.70. The maximum Gasteiger partial charge on any atom is 0.337 e. The molecule has 0 bridgehead atoms. The van der Waals surface area contributed by atoms with Crippen molar-refractivity contribution in [2.45, 2.75) is 6.54 Å². The summed E-state index contributed by atoms with van der Waals surface area (Å²) < 4.78 is 1.22. The molecule has 29 heavy (non-hydrogen) atoms. The molecule has 0 aliphatic carbocycles. The average molecular weight is 405 g/mol. The Morgan fingerprint density at radius 2 is 1.69 bits per heavy atom. The van der Waals surface area contributed by atoms with Crippen molar-refractivity contribution in [3.05, 3.63) is 82.0 Å². The fourth-order valence-corrected chi connectivity index (χ4v) is 3.90. The maximum atomic E-state index is 13.2. The SMILES string of the molecule is O=C(Cn1c(-c2ccccc2)nc2scc(C(=O)O)c2c1=O)Nc1ccccc1. The fourth-order valence-electron chi connectivity index (χ4n) is 3.00. The van der Waals surface area contributed by atoms with E-state index in [2.05, 4.69) is 10.3 Å². The number of thiophene rings is 1. The fraction of sp³-hybridized carbons (Fsp3) is 0.0476. The molecular formula is C21H15N3O4S. The van der Waals surface area contributed by atoms with Crippen LogP contribution in [0.1, 0.15) is 10.4 Å². The molecule has 8 heteroatoms. The smallest absolute Gasteiger partial charge is 0.337 e. The van der Waals surface area contributed by atoms with E-state index >= 15 is 0 Å². The molecule has 2 aromatic carbocycles. The van der Waals surface area contributed by atoms with Crippen molar-refractivity contribution in [3.63, 3.8) is 0 Å². The van der Waals surface area contributed by atoms with Gasteiger partial charge in [0.1, 0.15) is 17.2 Å². The lowest BCUT2D eigenvalue weighted by molar-refractivity contribution is -0.116. The Morgan fingerprint density at radius 1 is 1.03 bits per heavy atom. The zero-order valence-corrected chi connectivity index (χ0v) is 15.8. The number of rotatable bonds is 5. The summed E-state index contributed by atoms with van der Waals surface area (Å²) in [7, 11) is 0. The number of fused-ring (bicyclic) bond motifs is 1. The molecule has 2 heterocycles. The first-order chi connectivity index (χ1) is 14.0. The number of hydrogen-bond donors (Lipinski definition) is 2. The first-order valence-corrected chi connectivity index (χ1v) is 9.58. The highest BCUT2D eigenvalue weighted by atomic mass is 32.1. The Kier molecular flexibility index (Phi) is 4.92. The van der Waals surface area contributed by atoms with Gasteiger partial charge in [0.05, 0.1) is 10.9 Å². The van der Waals surface area contributed by atoms with Gasteiger partial charge in [0.15, 0.2) is 0 Å². The molecule has 0 aliphatic heterocycles. The Bertz CT molecular complexity index is 1260. The molecule has 0 radical (unpaired) electrons. The summed E-state index contributed by atoms with van der Waals surface area (Å²) in [5.41, 5.74) is 0.585. The molecule has 4 aromatic rings. The number of para-hydroxylation sites is 1. The van der Waals surface area contributed by atoms with Crippen LogP contribution in [0.15, 0.2) is 70.8 Å². The third kappa shape index (κ3) is 3.65. The standard InChI is InChI=1S/C21H15N3O4S/c25-16(22-14-9-5-2-6-10-14)11-24-18(13-7-3-1-4-8-13)23-19-17(20(24)26)15(12-29-19)21(27)28/h1-10,12H,11H2,(H,22,25)(H,27,28). The van der Waals surface area contributed by atoms with Gasteiger partial charge >= 0.3 is 5.97 Å². The van der Waals surface area contributed by atoms with E-state index in [1.165, 1.54) is 9.95 Å². The minimum Gasteiger partial charge on any atom is -0.478 e. The first kappa shape index (κ1) is 18.6. The van der Waals surface area contributed by atoms with Crippen LogP contribution < -0.4 is 10.9 Å². The van der Waals surface area contributed by atoms with Crippen molar-refractivity contribution in [1.29, 1.82) is 0 Å². The second-order valence-electron chi connectivity index (χ2n) is 6.24. The van der Waals surface area contributed by atoms with Gasteiger partial charge in [-0.2, -0.15) is 0 Å². The van der Waals surface area contributed by atoms with Crippen LogP contribution in [-0.4, -0.2) is 26.5 Å². The van der Waals surface area contributed by atoms with Crippen molar-refractivity contribution in [2.75, 3.05) is 5.32 Å². The molecule has 0 fully saturated rings. The average Bonchev–Trinajstić information content (AvgIpc) is 3.16. The van der Waals surface area contributed by atoms with Crippen molar-refractivity contribution in [3.8, 4) is 11.4 Å². The number of carboxylic acids is 1. The largest absolute Gasteiger partial charge is 0.478 e. The van der Waals surface area contributed by atoms with E-state index in [4.69, 9.17) is 0 Å². The van der Waals surface area contributed by atoms with Gasteiger partial charge in [0.25, 0.3) is 5.56 Å². The third-order valence-corrected chi connectivity index (χ3v) is 5.19. The summed E-state index contributed by atoms with van der Waals surface area (Å²) in [4.78, 5) is 42.1. The minimum absolute atomic E-state index is 0.00897. The topological polar surface area (TPSA) is 101 Å². The Hall–Kier alpha value is -3.78. The molecule has 0 atom stereocenters. The van der Waals surface area contributed by atoms with Gasteiger partial charge in [-0.1, -0.05) is 48.5 Å². The second kappa shape index (κ2) is 7.69. The Morgan fingerprint density at radius 3 is 2.34 bits per heavy atom. The van der Waals surface area contributed by atoms with Crippen LogP contribution in [0.4, 0.5) is 5.69 Å². The number of nitrogens with zero attached hydrogens (tertiary/aromatic N) is 2.